The van der Waals surface area contributed by atoms with Crippen LogP contribution in [0, 0.1) is 0 Å². The van der Waals surface area contributed by atoms with Gasteiger partial charge in [-0.3, -0.25) is 15.0 Å². The number of morpholine rings is 1. The van der Waals surface area contributed by atoms with E-state index < -0.39 is 0 Å². The predicted molar refractivity (Wildman–Crippen MR) is 121 cm³/mol. The van der Waals surface area contributed by atoms with Crippen molar-refractivity contribution >= 4 is 22.4 Å². The number of benzene rings is 2. The molecule has 4 rings (SSSR count). The third kappa shape index (κ3) is 4.87. The van der Waals surface area contributed by atoms with Gasteiger partial charge in [0.05, 0.1) is 33.1 Å². The normalized spacial score (nSPS) is 14.3. The van der Waals surface area contributed by atoms with E-state index in [4.69, 9.17) is 19.2 Å². The number of carbonyl (C=O) groups is 1. The molecule has 0 spiro atoms. The maximum absolute atomic E-state index is 13.1. The number of hydrogen-bond donors (Lipinski definition) is 1. The van der Waals surface area contributed by atoms with Crippen molar-refractivity contribution in [3.05, 3.63) is 59.0 Å². The molecule has 1 aliphatic heterocycles. The second-order valence-electron chi connectivity index (χ2n) is 7.04. The first-order valence-electron chi connectivity index (χ1n) is 10.1. The fraction of sp³-hybridized carbons (Fsp3) is 0.304. The van der Waals surface area contributed by atoms with Crippen molar-refractivity contribution in [2.45, 2.75) is 6.54 Å². The van der Waals surface area contributed by atoms with Crippen molar-refractivity contribution in [2.24, 2.45) is 0 Å². The van der Waals surface area contributed by atoms with Gasteiger partial charge < -0.3 is 14.2 Å². The van der Waals surface area contributed by atoms with Crippen molar-refractivity contribution in [1.82, 2.24) is 9.88 Å². The van der Waals surface area contributed by atoms with Gasteiger partial charge in [0.25, 0.3) is 5.91 Å². The van der Waals surface area contributed by atoms with Crippen LogP contribution in [0.3, 0.4) is 0 Å². The van der Waals surface area contributed by atoms with E-state index in [9.17, 15) is 4.79 Å². The summed E-state index contributed by atoms with van der Waals surface area (Å²) < 4.78 is 16.2. The van der Waals surface area contributed by atoms with E-state index in [-0.39, 0.29) is 5.91 Å². The van der Waals surface area contributed by atoms with E-state index in [1.54, 1.807) is 18.2 Å². The molecule has 0 radical (unpaired) electrons. The molecule has 1 saturated heterocycles. The number of aromatic nitrogens is 1. The SMILES string of the molecule is COc1cccc(OC)c1C(=O)Nc1nc(-c2ccccc2)c(CN2CCOCC2)s1. The molecular formula is C23H25N3O4S. The number of nitrogens with one attached hydrogen (secondary N) is 1. The van der Waals surface area contributed by atoms with Crippen LogP contribution < -0.4 is 14.8 Å². The van der Waals surface area contributed by atoms with E-state index >= 15 is 0 Å². The fourth-order valence-corrected chi connectivity index (χ4v) is 4.55. The maximum Gasteiger partial charge on any atom is 0.265 e. The number of carbonyl (C=O) groups excluding carboxylic acids is 1. The number of anilines is 1. The van der Waals surface area contributed by atoms with Crippen LogP contribution in [0.5, 0.6) is 11.5 Å². The summed E-state index contributed by atoms with van der Waals surface area (Å²) >= 11 is 1.49. The minimum atomic E-state index is -0.319. The highest BCUT2D eigenvalue weighted by molar-refractivity contribution is 7.16. The molecule has 8 heteroatoms. The van der Waals surface area contributed by atoms with Crippen molar-refractivity contribution in [3.8, 4) is 22.8 Å². The molecular weight excluding hydrogens is 414 g/mol. The molecule has 1 fully saturated rings. The molecule has 162 valence electrons. The van der Waals surface area contributed by atoms with Crippen LogP contribution in [0.1, 0.15) is 15.2 Å². The standard InChI is InChI=1S/C23H25N3O4S/c1-28-17-9-6-10-18(29-2)20(17)22(27)25-23-24-21(16-7-4-3-5-8-16)19(31-23)15-26-11-13-30-14-12-26/h3-10H,11-15H2,1-2H3,(H,24,25,27). The number of nitrogens with zero attached hydrogens (tertiary/aromatic N) is 2. The van der Waals surface area contributed by atoms with E-state index in [1.165, 1.54) is 25.6 Å². The Labute approximate surface area is 185 Å². The average molecular weight is 440 g/mol. The second kappa shape index (κ2) is 9.91. The van der Waals surface area contributed by atoms with Crippen molar-refractivity contribution in [2.75, 3.05) is 45.8 Å². The minimum Gasteiger partial charge on any atom is -0.496 e. The van der Waals surface area contributed by atoms with Gasteiger partial charge in [-0.05, 0) is 12.1 Å². The quantitative estimate of drug-likeness (QED) is 0.602. The molecule has 2 heterocycles. The maximum atomic E-state index is 13.1. The van der Waals surface area contributed by atoms with Gasteiger partial charge in [0.2, 0.25) is 0 Å². The molecule has 2 aromatic carbocycles. The Balaban J connectivity index is 1.64. The van der Waals surface area contributed by atoms with E-state index in [2.05, 4.69) is 10.2 Å². The lowest BCUT2D eigenvalue weighted by Crippen LogP contribution is -2.35. The van der Waals surface area contributed by atoms with Gasteiger partial charge in [0.15, 0.2) is 5.13 Å². The Hall–Kier alpha value is -2.94. The summed E-state index contributed by atoms with van der Waals surface area (Å²) in [6.07, 6.45) is 0. The topological polar surface area (TPSA) is 72.9 Å². The van der Waals surface area contributed by atoms with Crippen LogP contribution in [0.4, 0.5) is 5.13 Å². The largest absolute Gasteiger partial charge is 0.496 e. The lowest BCUT2D eigenvalue weighted by atomic mass is 10.1. The lowest BCUT2D eigenvalue weighted by Gasteiger charge is -2.26. The molecule has 7 nitrogen and oxygen atoms in total. The van der Waals surface area contributed by atoms with Gasteiger partial charge in [0, 0.05) is 30.1 Å². The van der Waals surface area contributed by atoms with Gasteiger partial charge in [-0.25, -0.2) is 4.98 Å². The number of thiazole rings is 1. The Morgan fingerprint density at radius 3 is 2.39 bits per heavy atom. The van der Waals surface area contributed by atoms with Crippen LogP contribution in [-0.2, 0) is 11.3 Å². The number of rotatable bonds is 7. The third-order valence-corrected chi connectivity index (χ3v) is 6.05. The van der Waals surface area contributed by atoms with Crippen LogP contribution in [0.15, 0.2) is 48.5 Å². The number of methoxy groups -OCH3 is 2. The summed E-state index contributed by atoms with van der Waals surface area (Å²) in [5, 5.41) is 3.48. The Morgan fingerprint density at radius 1 is 1.06 bits per heavy atom. The molecule has 1 aromatic heterocycles. The minimum absolute atomic E-state index is 0.319. The van der Waals surface area contributed by atoms with Crippen molar-refractivity contribution in [1.29, 1.82) is 0 Å². The van der Waals surface area contributed by atoms with Crippen LogP contribution in [0.2, 0.25) is 0 Å². The van der Waals surface area contributed by atoms with Gasteiger partial charge in [0.1, 0.15) is 17.1 Å². The summed E-state index contributed by atoms with van der Waals surface area (Å²) in [6, 6.07) is 15.3. The zero-order valence-corrected chi connectivity index (χ0v) is 18.4. The molecule has 0 saturated carbocycles. The van der Waals surface area contributed by atoms with E-state index in [0.717, 1.165) is 49.0 Å². The Bertz CT molecular complexity index is 1010. The van der Waals surface area contributed by atoms with Crippen molar-refractivity contribution in [3.63, 3.8) is 0 Å². The smallest absolute Gasteiger partial charge is 0.265 e. The highest BCUT2D eigenvalue weighted by atomic mass is 32.1. The molecule has 1 N–H and O–H groups in total. The van der Waals surface area contributed by atoms with Gasteiger partial charge >= 0.3 is 0 Å². The van der Waals surface area contributed by atoms with E-state index in [1.807, 2.05) is 30.3 Å². The summed E-state index contributed by atoms with van der Waals surface area (Å²) in [7, 11) is 3.06. The number of amides is 1. The van der Waals surface area contributed by atoms with Gasteiger partial charge in [-0.15, -0.1) is 0 Å². The highest BCUT2D eigenvalue weighted by Crippen LogP contribution is 2.34. The first kappa shape index (κ1) is 21.3. The second-order valence-corrected chi connectivity index (χ2v) is 8.12. The molecule has 31 heavy (non-hydrogen) atoms. The third-order valence-electron chi connectivity index (χ3n) is 5.09. The fourth-order valence-electron chi connectivity index (χ4n) is 3.53. The predicted octanol–water partition coefficient (Wildman–Crippen LogP) is 3.91. The Kier molecular flexibility index (Phi) is 6.81. The summed E-state index contributed by atoms with van der Waals surface area (Å²) in [5.74, 6) is 0.580. The van der Waals surface area contributed by atoms with Crippen LogP contribution in [-0.4, -0.2) is 56.3 Å². The first-order chi connectivity index (χ1) is 15.2. The first-order valence-corrected chi connectivity index (χ1v) is 10.9. The lowest BCUT2D eigenvalue weighted by molar-refractivity contribution is 0.0347. The number of ether oxygens (including phenoxy) is 3. The highest BCUT2D eigenvalue weighted by Gasteiger charge is 2.22. The zero-order chi connectivity index (χ0) is 21.6. The zero-order valence-electron chi connectivity index (χ0n) is 17.6. The molecule has 0 bridgehead atoms. The molecule has 1 amide bonds. The molecule has 0 aliphatic carbocycles. The molecule has 1 aliphatic rings. The summed E-state index contributed by atoms with van der Waals surface area (Å²) in [5.41, 5.74) is 2.26. The summed E-state index contributed by atoms with van der Waals surface area (Å²) in [4.78, 5) is 21.3. The summed E-state index contributed by atoms with van der Waals surface area (Å²) in [6.45, 7) is 3.99. The monoisotopic (exact) mass is 439 g/mol. The van der Waals surface area contributed by atoms with Gasteiger partial charge in [-0.2, -0.15) is 0 Å². The van der Waals surface area contributed by atoms with Gasteiger partial charge in [-0.1, -0.05) is 47.7 Å². The van der Waals surface area contributed by atoms with Crippen LogP contribution in [0.25, 0.3) is 11.3 Å². The molecule has 0 unspecified atom stereocenters. The Morgan fingerprint density at radius 2 is 1.74 bits per heavy atom. The molecule has 3 aromatic rings. The van der Waals surface area contributed by atoms with E-state index in [0.29, 0.717) is 22.2 Å². The van der Waals surface area contributed by atoms with Crippen molar-refractivity contribution < 1.29 is 19.0 Å². The molecule has 0 atom stereocenters. The number of hydrogen-bond acceptors (Lipinski definition) is 7. The van der Waals surface area contributed by atoms with Crippen LogP contribution >= 0.6 is 11.3 Å². The average Bonchev–Trinajstić information content (AvgIpc) is 3.21.